The highest BCUT2D eigenvalue weighted by Gasteiger charge is 2.40. The van der Waals surface area contributed by atoms with Gasteiger partial charge < -0.3 is 19.5 Å². The summed E-state index contributed by atoms with van der Waals surface area (Å²) in [4.78, 5) is 26.8. The lowest BCUT2D eigenvalue weighted by molar-refractivity contribution is 0.0374. The van der Waals surface area contributed by atoms with Crippen molar-refractivity contribution >= 4 is 17.9 Å². The summed E-state index contributed by atoms with van der Waals surface area (Å²) in [7, 11) is 0. The molecule has 2 amide bonds. The van der Waals surface area contributed by atoms with Gasteiger partial charge in [-0.1, -0.05) is 36.4 Å². The van der Waals surface area contributed by atoms with Crippen LogP contribution in [0.15, 0.2) is 48.5 Å². The Labute approximate surface area is 184 Å². The number of cyclic esters (lactones) is 1. The van der Waals surface area contributed by atoms with Gasteiger partial charge in [0.15, 0.2) is 0 Å². The second kappa shape index (κ2) is 9.12. The molecule has 9 heteroatoms. The number of halogens is 2. The van der Waals surface area contributed by atoms with Crippen LogP contribution in [0.25, 0.3) is 0 Å². The van der Waals surface area contributed by atoms with Crippen molar-refractivity contribution in [3.8, 4) is 0 Å². The van der Waals surface area contributed by atoms with Gasteiger partial charge in [-0.15, -0.1) is 0 Å². The van der Waals surface area contributed by atoms with Crippen molar-refractivity contribution in [2.24, 2.45) is 0 Å². The second-order valence-electron chi connectivity index (χ2n) is 7.96. The van der Waals surface area contributed by atoms with Crippen molar-refractivity contribution in [2.45, 2.75) is 31.2 Å². The summed E-state index contributed by atoms with van der Waals surface area (Å²) in [5.41, 5.74) is -0.951. The molecule has 170 valence electrons. The molecule has 0 unspecified atom stereocenters. The fourth-order valence-corrected chi connectivity index (χ4v) is 3.99. The number of piperidine rings is 1. The van der Waals surface area contributed by atoms with E-state index in [1.807, 2.05) is 30.3 Å². The van der Waals surface area contributed by atoms with Crippen LogP contribution in [0.1, 0.15) is 24.0 Å². The first-order valence-electron chi connectivity index (χ1n) is 10.4. The molecule has 32 heavy (non-hydrogen) atoms. The number of benzene rings is 2. The number of alkyl halides is 1. The average molecular weight is 446 g/mol. The van der Waals surface area contributed by atoms with E-state index in [0.29, 0.717) is 0 Å². The van der Waals surface area contributed by atoms with Crippen molar-refractivity contribution in [3.63, 3.8) is 0 Å². The minimum Gasteiger partial charge on any atom is -0.445 e. The molecule has 2 aliphatic rings. The lowest BCUT2D eigenvalue weighted by atomic mass is 9.85. The molecule has 0 spiro atoms. The quantitative estimate of drug-likeness (QED) is 0.757. The Morgan fingerprint density at radius 2 is 1.91 bits per heavy atom. The van der Waals surface area contributed by atoms with Gasteiger partial charge in [-0.25, -0.2) is 18.4 Å². The van der Waals surface area contributed by atoms with Crippen molar-refractivity contribution in [1.82, 2.24) is 4.90 Å². The lowest BCUT2D eigenvalue weighted by Gasteiger charge is -2.36. The molecule has 1 atom stereocenters. The van der Waals surface area contributed by atoms with Crippen molar-refractivity contribution in [3.05, 3.63) is 65.5 Å². The molecule has 4 rings (SSSR count). The number of carbonyl (C=O) groups excluding carboxylic acids is 2. The number of aliphatic hydroxyl groups excluding tert-OH is 1. The van der Waals surface area contributed by atoms with Gasteiger partial charge in [-0.2, -0.15) is 0 Å². The Bertz CT molecular complexity index is 980. The van der Waals surface area contributed by atoms with E-state index >= 15 is 4.39 Å². The highest BCUT2D eigenvalue weighted by Crippen LogP contribution is 2.39. The van der Waals surface area contributed by atoms with E-state index in [4.69, 9.17) is 14.6 Å². The maximum atomic E-state index is 15.6. The van der Waals surface area contributed by atoms with E-state index in [0.717, 1.165) is 11.6 Å². The smallest absolute Gasteiger partial charge is 0.414 e. The number of hydrogen-bond acceptors (Lipinski definition) is 5. The molecule has 0 aliphatic carbocycles. The zero-order chi connectivity index (χ0) is 22.7. The number of likely N-dealkylation sites (tertiary alicyclic amines) is 1. The molecule has 2 aliphatic heterocycles. The predicted molar refractivity (Wildman–Crippen MR) is 111 cm³/mol. The Balaban J connectivity index is 1.37. The minimum atomic E-state index is -1.93. The molecular weight excluding hydrogens is 422 g/mol. The first-order valence-corrected chi connectivity index (χ1v) is 10.4. The van der Waals surface area contributed by atoms with Crippen molar-refractivity contribution < 1.29 is 33.0 Å². The first kappa shape index (κ1) is 22.0. The summed E-state index contributed by atoms with van der Waals surface area (Å²) in [6, 6.07) is 13.1. The summed E-state index contributed by atoms with van der Waals surface area (Å²) in [6.07, 6.45) is -2.03. The normalized spacial score (nSPS) is 20.2. The van der Waals surface area contributed by atoms with Crippen LogP contribution in [0.5, 0.6) is 0 Å². The van der Waals surface area contributed by atoms with E-state index in [2.05, 4.69) is 0 Å². The summed E-state index contributed by atoms with van der Waals surface area (Å²) in [5.74, 6) is -0.773. The van der Waals surface area contributed by atoms with Gasteiger partial charge in [0, 0.05) is 31.5 Å². The number of aliphatic hydroxyl groups is 1. The van der Waals surface area contributed by atoms with E-state index in [9.17, 15) is 14.0 Å². The number of nitrogens with zero attached hydrogens (tertiary/aromatic N) is 2. The fraction of sp³-hybridized carbons (Fsp3) is 0.391. The Morgan fingerprint density at radius 3 is 2.53 bits per heavy atom. The van der Waals surface area contributed by atoms with Crippen LogP contribution in [-0.2, 0) is 21.7 Å². The topological polar surface area (TPSA) is 79.3 Å². The highest BCUT2D eigenvalue weighted by atomic mass is 19.1. The number of ether oxygens (including phenoxy) is 2. The van der Waals surface area contributed by atoms with Gasteiger partial charge in [-0.05, 0) is 17.7 Å². The van der Waals surface area contributed by atoms with Crippen LogP contribution in [-0.4, -0.2) is 54.5 Å². The molecule has 2 aromatic carbocycles. The molecular formula is C23H24F2N2O5. The van der Waals surface area contributed by atoms with Gasteiger partial charge in [0.25, 0.3) is 0 Å². The molecule has 0 radical (unpaired) electrons. The molecule has 0 aromatic heterocycles. The largest absolute Gasteiger partial charge is 0.445 e. The molecule has 1 N–H and O–H groups in total. The van der Waals surface area contributed by atoms with Crippen LogP contribution >= 0.6 is 0 Å². The maximum absolute atomic E-state index is 15.6. The molecule has 2 aromatic rings. The summed E-state index contributed by atoms with van der Waals surface area (Å²) in [6.45, 7) is 0.0859. The minimum absolute atomic E-state index is 0.0674. The predicted octanol–water partition coefficient (Wildman–Crippen LogP) is 3.74. The van der Waals surface area contributed by atoms with E-state index in [-0.39, 0.29) is 56.9 Å². The third-order valence-electron chi connectivity index (χ3n) is 5.84. The third-order valence-corrected chi connectivity index (χ3v) is 5.84. The number of hydrogen-bond donors (Lipinski definition) is 1. The number of anilines is 1. The van der Waals surface area contributed by atoms with Crippen molar-refractivity contribution in [1.29, 1.82) is 0 Å². The molecule has 0 bridgehead atoms. The number of carbonyl (C=O) groups is 2. The SMILES string of the molecule is O=C(OCc1ccccc1)N1CCC(F)(c2ccc(N3C[C@H](CO)OC3=O)cc2F)CC1. The average Bonchev–Trinajstić information content (AvgIpc) is 3.19. The van der Waals surface area contributed by atoms with Gasteiger partial charge in [0.2, 0.25) is 0 Å². The number of rotatable bonds is 5. The molecule has 2 heterocycles. The summed E-state index contributed by atoms with van der Waals surface area (Å²) in [5, 5.41) is 9.14. The van der Waals surface area contributed by atoms with E-state index in [1.165, 1.54) is 21.9 Å². The van der Waals surface area contributed by atoms with Crippen LogP contribution in [0.3, 0.4) is 0 Å². The summed E-state index contributed by atoms with van der Waals surface area (Å²) < 4.78 is 40.7. The monoisotopic (exact) mass is 446 g/mol. The molecule has 0 saturated carbocycles. The standard InChI is InChI=1S/C23H24F2N2O5/c24-20-12-17(27-13-18(14-28)32-22(27)30)6-7-19(20)23(25)8-10-26(11-9-23)21(29)31-15-16-4-2-1-3-5-16/h1-7,12,18,28H,8-11,13-15H2/t18-/m1/s1. The fourth-order valence-electron chi connectivity index (χ4n) is 3.99. The molecule has 2 fully saturated rings. The van der Waals surface area contributed by atoms with Crippen molar-refractivity contribution in [2.75, 3.05) is 31.1 Å². The van der Waals surface area contributed by atoms with Gasteiger partial charge in [-0.3, -0.25) is 4.90 Å². The lowest BCUT2D eigenvalue weighted by Crippen LogP contribution is -2.43. The second-order valence-corrected chi connectivity index (χ2v) is 7.96. The zero-order valence-corrected chi connectivity index (χ0v) is 17.4. The Hall–Kier alpha value is -3.20. The Kier molecular flexibility index (Phi) is 6.27. The summed E-state index contributed by atoms with van der Waals surface area (Å²) >= 11 is 0. The van der Waals surface area contributed by atoms with Gasteiger partial charge in [0.1, 0.15) is 24.2 Å². The van der Waals surface area contributed by atoms with Crippen LogP contribution in [0.4, 0.5) is 24.1 Å². The maximum Gasteiger partial charge on any atom is 0.414 e. The molecule has 7 nitrogen and oxygen atoms in total. The van der Waals surface area contributed by atoms with Gasteiger partial charge >= 0.3 is 12.2 Å². The first-order chi connectivity index (χ1) is 15.4. The zero-order valence-electron chi connectivity index (χ0n) is 17.4. The van der Waals surface area contributed by atoms with Crippen LogP contribution in [0.2, 0.25) is 0 Å². The Morgan fingerprint density at radius 1 is 1.19 bits per heavy atom. The molecule has 2 saturated heterocycles. The van der Waals surface area contributed by atoms with Gasteiger partial charge in [0.05, 0.1) is 18.8 Å². The number of amides is 2. The van der Waals surface area contributed by atoms with E-state index < -0.39 is 29.8 Å². The highest BCUT2D eigenvalue weighted by molar-refractivity contribution is 5.89. The third kappa shape index (κ3) is 4.52. The van der Waals surface area contributed by atoms with E-state index in [1.54, 1.807) is 0 Å². The van der Waals surface area contributed by atoms with Crippen LogP contribution < -0.4 is 4.90 Å². The van der Waals surface area contributed by atoms with Crippen LogP contribution in [0, 0.1) is 5.82 Å².